The molecule has 1 amide bonds. The molecule has 18 heavy (non-hydrogen) atoms. The van der Waals surface area contributed by atoms with Crippen LogP contribution in [0, 0.1) is 10.1 Å². The summed E-state index contributed by atoms with van der Waals surface area (Å²) in [6, 6.07) is 4.32. The molecule has 1 aliphatic rings. The van der Waals surface area contributed by atoms with Crippen molar-refractivity contribution in [2.24, 2.45) is 5.73 Å². The maximum atomic E-state index is 11.9. The molecule has 0 spiro atoms. The molecule has 6 nitrogen and oxygen atoms in total. The van der Waals surface area contributed by atoms with E-state index in [0.29, 0.717) is 4.47 Å². The highest BCUT2D eigenvalue weighted by molar-refractivity contribution is 9.10. The minimum Gasteiger partial charge on any atom is -0.349 e. The SMILES string of the molecule is NC1CC(NC(=O)c2cc([N+](=O)[O-])ccc2Br)C1. The van der Waals surface area contributed by atoms with E-state index in [1.807, 2.05) is 0 Å². The molecule has 0 unspecified atom stereocenters. The number of nitrogens with zero attached hydrogens (tertiary/aromatic N) is 1. The van der Waals surface area contributed by atoms with Crippen LogP contribution in [0.25, 0.3) is 0 Å². The molecule has 1 aromatic rings. The molecule has 0 aliphatic heterocycles. The summed E-state index contributed by atoms with van der Waals surface area (Å²) < 4.78 is 0.536. The Hall–Kier alpha value is -1.47. The minimum absolute atomic E-state index is 0.0682. The lowest BCUT2D eigenvalue weighted by Gasteiger charge is -2.33. The second kappa shape index (κ2) is 5.03. The van der Waals surface area contributed by atoms with E-state index in [4.69, 9.17) is 5.73 Å². The molecule has 96 valence electrons. The largest absolute Gasteiger partial charge is 0.349 e. The summed E-state index contributed by atoms with van der Waals surface area (Å²) in [5.74, 6) is -0.317. The molecule has 0 radical (unpaired) electrons. The number of non-ortho nitro benzene ring substituents is 1. The quantitative estimate of drug-likeness (QED) is 0.653. The number of nitro groups is 1. The number of hydrogen-bond donors (Lipinski definition) is 2. The van der Waals surface area contributed by atoms with Crippen LogP contribution in [0.15, 0.2) is 22.7 Å². The standard InChI is InChI=1S/C11H12BrN3O3/c12-10-2-1-8(15(17)18)5-9(10)11(16)14-7-3-6(13)4-7/h1-2,5-7H,3-4,13H2,(H,14,16). The summed E-state index contributed by atoms with van der Waals surface area (Å²) in [5, 5.41) is 13.5. The van der Waals surface area contributed by atoms with Gasteiger partial charge in [0, 0.05) is 28.7 Å². The normalized spacial score (nSPS) is 22.1. The van der Waals surface area contributed by atoms with Crippen molar-refractivity contribution in [1.29, 1.82) is 0 Å². The highest BCUT2D eigenvalue weighted by atomic mass is 79.9. The highest BCUT2D eigenvalue weighted by Crippen LogP contribution is 2.24. The van der Waals surface area contributed by atoms with Crippen LogP contribution in [0.3, 0.4) is 0 Å². The van der Waals surface area contributed by atoms with Gasteiger partial charge in [-0.15, -0.1) is 0 Å². The van der Waals surface area contributed by atoms with E-state index in [1.54, 1.807) is 0 Å². The van der Waals surface area contributed by atoms with Gasteiger partial charge in [-0.05, 0) is 34.8 Å². The van der Waals surface area contributed by atoms with Gasteiger partial charge in [-0.1, -0.05) is 0 Å². The zero-order valence-corrected chi connectivity index (χ0v) is 11.0. The zero-order chi connectivity index (χ0) is 13.3. The van der Waals surface area contributed by atoms with E-state index < -0.39 is 4.92 Å². The van der Waals surface area contributed by atoms with Crippen molar-refractivity contribution in [3.63, 3.8) is 0 Å². The third-order valence-corrected chi connectivity index (χ3v) is 3.61. The molecule has 3 N–H and O–H groups in total. The Labute approximate surface area is 112 Å². The molecular formula is C11H12BrN3O3. The lowest BCUT2D eigenvalue weighted by atomic mass is 9.87. The maximum absolute atomic E-state index is 11.9. The van der Waals surface area contributed by atoms with Crippen molar-refractivity contribution in [3.05, 3.63) is 38.3 Å². The Bertz CT molecular complexity index is 500. The fourth-order valence-corrected chi connectivity index (χ4v) is 2.27. The van der Waals surface area contributed by atoms with Gasteiger partial charge in [-0.3, -0.25) is 14.9 Å². The number of rotatable bonds is 3. The molecule has 0 heterocycles. The Kier molecular flexibility index (Phi) is 3.63. The average molecular weight is 314 g/mol. The van der Waals surface area contributed by atoms with Crippen LogP contribution in [-0.4, -0.2) is 22.9 Å². The topological polar surface area (TPSA) is 98.3 Å². The monoisotopic (exact) mass is 313 g/mol. The molecule has 0 saturated heterocycles. The fourth-order valence-electron chi connectivity index (χ4n) is 1.84. The number of amides is 1. The van der Waals surface area contributed by atoms with E-state index in [-0.39, 0.29) is 29.2 Å². The van der Waals surface area contributed by atoms with Crippen molar-refractivity contribution in [1.82, 2.24) is 5.32 Å². The second-order valence-corrected chi connectivity index (χ2v) is 5.18. The molecule has 1 fully saturated rings. The predicted octanol–water partition coefficient (Wildman–Crippen LogP) is 1.58. The van der Waals surface area contributed by atoms with Crippen LogP contribution in [0.5, 0.6) is 0 Å². The summed E-state index contributed by atoms with van der Waals surface area (Å²) in [7, 11) is 0. The van der Waals surface area contributed by atoms with E-state index in [0.717, 1.165) is 12.8 Å². The number of nitrogens with one attached hydrogen (secondary N) is 1. The van der Waals surface area contributed by atoms with Gasteiger partial charge in [0.05, 0.1) is 10.5 Å². The van der Waals surface area contributed by atoms with E-state index in [2.05, 4.69) is 21.2 Å². The van der Waals surface area contributed by atoms with Crippen molar-refractivity contribution >= 4 is 27.5 Å². The molecule has 0 bridgehead atoms. The lowest BCUT2D eigenvalue weighted by Crippen LogP contribution is -2.50. The van der Waals surface area contributed by atoms with Gasteiger partial charge in [-0.2, -0.15) is 0 Å². The fraction of sp³-hybridized carbons (Fsp3) is 0.364. The predicted molar refractivity (Wildman–Crippen MR) is 69.3 cm³/mol. The van der Waals surface area contributed by atoms with Crippen molar-refractivity contribution < 1.29 is 9.72 Å². The third kappa shape index (κ3) is 2.68. The van der Waals surface area contributed by atoms with Crippen molar-refractivity contribution in [2.75, 3.05) is 0 Å². The van der Waals surface area contributed by atoms with Crippen molar-refractivity contribution in [3.8, 4) is 0 Å². The van der Waals surface area contributed by atoms with E-state index >= 15 is 0 Å². The Morgan fingerprint density at radius 3 is 2.72 bits per heavy atom. The van der Waals surface area contributed by atoms with Crippen LogP contribution in [0.4, 0.5) is 5.69 Å². The molecule has 1 saturated carbocycles. The number of hydrogen-bond acceptors (Lipinski definition) is 4. The molecule has 1 aromatic carbocycles. The van der Waals surface area contributed by atoms with Gasteiger partial charge in [-0.25, -0.2) is 0 Å². The number of nitrogens with two attached hydrogens (primary N) is 1. The third-order valence-electron chi connectivity index (χ3n) is 2.92. The Morgan fingerprint density at radius 1 is 1.50 bits per heavy atom. The maximum Gasteiger partial charge on any atom is 0.270 e. The number of carbonyl (C=O) groups excluding carboxylic acids is 1. The van der Waals surface area contributed by atoms with Gasteiger partial charge in [0.2, 0.25) is 0 Å². The van der Waals surface area contributed by atoms with Crippen LogP contribution >= 0.6 is 15.9 Å². The highest BCUT2D eigenvalue weighted by Gasteiger charge is 2.28. The summed E-state index contributed by atoms with van der Waals surface area (Å²) in [6.45, 7) is 0. The molecule has 0 aromatic heterocycles. The molecule has 2 rings (SSSR count). The summed E-state index contributed by atoms with van der Waals surface area (Å²) in [5.41, 5.74) is 5.79. The molecule has 7 heteroatoms. The molecule has 1 aliphatic carbocycles. The van der Waals surface area contributed by atoms with Crippen LogP contribution in [-0.2, 0) is 0 Å². The van der Waals surface area contributed by atoms with E-state index in [1.165, 1.54) is 18.2 Å². The number of benzene rings is 1. The lowest BCUT2D eigenvalue weighted by molar-refractivity contribution is -0.384. The molecular weight excluding hydrogens is 302 g/mol. The summed E-state index contributed by atoms with van der Waals surface area (Å²) >= 11 is 3.21. The first-order chi connectivity index (χ1) is 8.47. The van der Waals surface area contributed by atoms with Crippen molar-refractivity contribution in [2.45, 2.75) is 24.9 Å². The van der Waals surface area contributed by atoms with Gasteiger partial charge >= 0.3 is 0 Å². The minimum atomic E-state index is -0.525. The molecule has 0 atom stereocenters. The first kappa shape index (κ1) is 13.0. The first-order valence-electron chi connectivity index (χ1n) is 5.47. The van der Waals surface area contributed by atoms with Gasteiger partial charge < -0.3 is 11.1 Å². The van der Waals surface area contributed by atoms with Crippen LogP contribution in [0.2, 0.25) is 0 Å². The van der Waals surface area contributed by atoms with E-state index in [9.17, 15) is 14.9 Å². The van der Waals surface area contributed by atoms with Gasteiger partial charge in [0.1, 0.15) is 0 Å². The Balaban J connectivity index is 2.13. The van der Waals surface area contributed by atoms with Crippen LogP contribution < -0.4 is 11.1 Å². The second-order valence-electron chi connectivity index (χ2n) is 4.32. The number of halogens is 1. The average Bonchev–Trinajstić information content (AvgIpc) is 2.27. The Morgan fingerprint density at radius 2 is 2.17 bits per heavy atom. The summed E-state index contributed by atoms with van der Waals surface area (Å²) in [6.07, 6.45) is 1.50. The first-order valence-corrected chi connectivity index (χ1v) is 6.27. The number of carbonyl (C=O) groups is 1. The smallest absolute Gasteiger partial charge is 0.270 e. The summed E-state index contributed by atoms with van der Waals surface area (Å²) in [4.78, 5) is 22.1. The number of nitro benzene ring substituents is 1. The van der Waals surface area contributed by atoms with Gasteiger partial charge in [0.15, 0.2) is 0 Å². The zero-order valence-electron chi connectivity index (χ0n) is 9.43. The van der Waals surface area contributed by atoms with Crippen LogP contribution in [0.1, 0.15) is 23.2 Å². The van der Waals surface area contributed by atoms with Gasteiger partial charge in [0.25, 0.3) is 11.6 Å².